The molecule has 3 aromatic rings. The summed E-state index contributed by atoms with van der Waals surface area (Å²) in [5, 5.41) is 0. The molecule has 0 bridgehead atoms. The highest BCUT2D eigenvalue weighted by molar-refractivity contribution is 7.89. The van der Waals surface area contributed by atoms with Gasteiger partial charge in [-0.2, -0.15) is 0 Å². The van der Waals surface area contributed by atoms with Crippen LogP contribution >= 0.6 is 0 Å². The third kappa shape index (κ3) is 7.01. The van der Waals surface area contributed by atoms with Crippen LogP contribution in [0.4, 0.5) is 0 Å². The Labute approximate surface area is 205 Å². The zero-order valence-electron chi connectivity index (χ0n) is 20.0. The summed E-state index contributed by atoms with van der Waals surface area (Å²) in [5.74, 6) is -0.562. The molecule has 35 heavy (non-hydrogen) atoms. The zero-order valence-corrected chi connectivity index (χ0v) is 20.8. The fraction of sp³-hybridized carbons (Fsp3) is 0.280. The van der Waals surface area contributed by atoms with Crippen molar-refractivity contribution in [3.63, 3.8) is 0 Å². The minimum atomic E-state index is -3.85. The van der Waals surface area contributed by atoms with Crippen molar-refractivity contribution in [1.82, 2.24) is 20.5 Å². The molecule has 9 nitrogen and oxygen atoms in total. The monoisotopic (exact) mass is 498 g/mol. The third-order valence-electron chi connectivity index (χ3n) is 5.52. The number of hydrogen-bond acceptors (Lipinski definition) is 6. The van der Waals surface area contributed by atoms with Gasteiger partial charge in [-0.1, -0.05) is 50.2 Å². The average Bonchev–Trinajstić information content (AvgIpc) is 3.34. The molecule has 2 amide bonds. The Hall–Kier alpha value is -3.47. The summed E-state index contributed by atoms with van der Waals surface area (Å²) in [5.41, 5.74) is 6.12. The molecular formula is C25H30N4O5S. The second-order valence-corrected chi connectivity index (χ2v) is 9.69. The van der Waals surface area contributed by atoms with Crippen LogP contribution in [0.15, 0.2) is 70.0 Å². The summed E-state index contributed by atoms with van der Waals surface area (Å²) in [4.78, 5) is 27.2. The van der Waals surface area contributed by atoms with Gasteiger partial charge < -0.3 is 4.42 Å². The molecule has 2 aromatic carbocycles. The SMILES string of the molecule is CCN(CC)Cc1ccc(C(=O)NNC(=O)c2cc(S(=O)(=O)NCc3ccccc3)ccc2C)o1. The Morgan fingerprint density at radius 3 is 2.29 bits per heavy atom. The van der Waals surface area contributed by atoms with Crippen LogP contribution < -0.4 is 15.6 Å². The standard InChI is InChI=1S/C25H30N4O5S/c1-4-29(5-2)17-20-12-14-23(34-20)25(31)28-27-24(30)22-15-21(13-11-18(22)3)35(32,33)26-16-19-9-7-6-8-10-19/h6-15,26H,4-5,16-17H2,1-3H3,(H,27,30)(H,28,31). The lowest BCUT2D eigenvalue weighted by atomic mass is 10.1. The predicted molar refractivity (Wildman–Crippen MR) is 132 cm³/mol. The first-order chi connectivity index (χ1) is 16.7. The second kappa shape index (κ2) is 11.8. The molecule has 0 saturated carbocycles. The maximum absolute atomic E-state index is 12.7. The number of benzene rings is 2. The van der Waals surface area contributed by atoms with Crippen molar-refractivity contribution >= 4 is 21.8 Å². The highest BCUT2D eigenvalue weighted by Gasteiger charge is 2.19. The largest absolute Gasteiger partial charge is 0.454 e. The summed E-state index contributed by atoms with van der Waals surface area (Å²) in [6, 6.07) is 16.6. The van der Waals surface area contributed by atoms with Crippen LogP contribution in [0.3, 0.4) is 0 Å². The van der Waals surface area contributed by atoms with Crippen molar-refractivity contribution in [2.75, 3.05) is 13.1 Å². The summed E-state index contributed by atoms with van der Waals surface area (Å²) in [6.45, 7) is 8.15. The Morgan fingerprint density at radius 2 is 1.60 bits per heavy atom. The molecule has 186 valence electrons. The number of amides is 2. The molecule has 0 atom stereocenters. The van der Waals surface area contributed by atoms with E-state index in [2.05, 4.69) is 20.5 Å². The fourth-order valence-electron chi connectivity index (χ4n) is 3.37. The predicted octanol–water partition coefficient (Wildman–Crippen LogP) is 2.98. The van der Waals surface area contributed by atoms with Crippen LogP contribution in [0.1, 0.15) is 51.6 Å². The van der Waals surface area contributed by atoms with E-state index in [0.29, 0.717) is 17.9 Å². The fourth-order valence-corrected chi connectivity index (χ4v) is 4.41. The van der Waals surface area contributed by atoms with Crippen LogP contribution in [0.5, 0.6) is 0 Å². The van der Waals surface area contributed by atoms with E-state index in [4.69, 9.17) is 4.42 Å². The molecule has 0 aliphatic rings. The number of furan rings is 1. The van der Waals surface area contributed by atoms with Gasteiger partial charge in [-0.15, -0.1) is 0 Å². The van der Waals surface area contributed by atoms with Crippen LogP contribution in [-0.2, 0) is 23.1 Å². The lowest BCUT2D eigenvalue weighted by Crippen LogP contribution is -2.41. The van der Waals surface area contributed by atoms with Gasteiger partial charge in [-0.25, -0.2) is 13.1 Å². The first-order valence-corrected chi connectivity index (χ1v) is 12.8. The number of carbonyl (C=O) groups excluding carboxylic acids is 2. The molecule has 0 radical (unpaired) electrons. The van der Waals surface area contributed by atoms with E-state index in [1.807, 2.05) is 44.2 Å². The topological polar surface area (TPSA) is 121 Å². The van der Waals surface area contributed by atoms with Gasteiger partial charge in [0.1, 0.15) is 5.76 Å². The number of carbonyl (C=O) groups is 2. The van der Waals surface area contributed by atoms with Crippen molar-refractivity contribution in [3.8, 4) is 0 Å². The Kier molecular flexibility index (Phi) is 8.80. The molecule has 0 aliphatic carbocycles. The van der Waals surface area contributed by atoms with E-state index in [1.54, 1.807) is 19.1 Å². The van der Waals surface area contributed by atoms with Crippen molar-refractivity contribution < 1.29 is 22.4 Å². The molecule has 10 heteroatoms. The first kappa shape index (κ1) is 26.1. The number of rotatable bonds is 10. The minimum absolute atomic E-state index is 0.0532. The van der Waals surface area contributed by atoms with E-state index in [-0.39, 0.29) is 22.8 Å². The summed E-state index contributed by atoms with van der Waals surface area (Å²) >= 11 is 0. The smallest absolute Gasteiger partial charge is 0.305 e. The Bertz CT molecular complexity index is 1270. The molecule has 3 rings (SSSR count). The maximum atomic E-state index is 12.7. The van der Waals surface area contributed by atoms with Crippen molar-refractivity contribution in [1.29, 1.82) is 0 Å². The van der Waals surface area contributed by atoms with Gasteiger partial charge in [0.15, 0.2) is 5.76 Å². The van der Waals surface area contributed by atoms with Gasteiger partial charge in [0.2, 0.25) is 10.0 Å². The Morgan fingerprint density at radius 1 is 0.914 bits per heavy atom. The van der Waals surface area contributed by atoms with E-state index in [0.717, 1.165) is 18.7 Å². The Balaban J connectivity index is 1.64. The van der Waals surface area contributed by atoms with Crippen molar-refractivity contribution in [2.45, 2.75) is 38.8 Å². The molecule has 0 spiro atoms. The molecular weight excluding hydrogens is 468 g/mol. The first-order valence-electron chi connectivity index (χ1n) is 11.3. The minimum Gasteiger partial charge on any atom is -0.454 e. The number of aryl methyl sites for hydroxylation is 1. The highest BCUT2D eigenvalue weighted by atomic mass is 32.2. The lowest BCUT2D eigenvalue weighted by Gasteiger charge is -2.15. The molecule has 0 saturated heterocycles. The normalized spacial score (nSPS) is 11.4. The van der Waals surface area contributed by atoms with Gasteiger partial charge in [0.05, 0.1) is 11.4 Å². The molecule has 3 N–H and O–H groups in total. The van der Waals surface area contributed by atoms with Gasteiger partial charge in [0, 0.05) is 12.1 Å². The number of hydrogen-bond donors (Lipinski definition) is 3. The third-order valence-corrected chi connectivity index (χ3v) is 6.92. The zero-order chi connectivity index (χ0) is 25.4. The van der Waals surface area contributed by atoms with Crippen molar-refractivity contribution in [3.05, 3.63) is 88.9 Å². The number of sulfonamides is 1. The summed E-state index contributed by atoms with van der Waals surface area (Å²) in [7, 11) is -3.85. The van der Waals surface area contributed by atoms with Crippen molar-refractivity contribution in [2.24, 2.45) is 0 Å². The highest BCUT2D eigenvalue weighted by Crippen LogP contribution is 2.16. The van der Waals surface area contributed by atoms with Gasteiger partial charge >= 0.3 is 5.91 Å². The number of nitrogens with zero attached hydrogens (tertiary/aromatic N) is 1. The second-order valence-electron chi connectivity index (χ2n) is 7.92. The average molecular weight is 499 g/mol. The number of hydrazine groups is 1. The van der Waals surface area contributed by atoms with E-state index < -0.39 is 21.8 Å². The molecule has 0 unspecified atom stereocenters. The molecule has 1 aromatic heterocycles. The van der Waals surface area contributed by atoms with Gasteiger partial charge in [-0.3, -0.25) is 25.3 Å². The van der Waals surface area contributed by atoms with Crippen LogP contribution in [0, 0.1) is 6.92 Å². The van der Waals surface area contributed by atoms with Crippen LogP contribution in [-0.4, -0.2) is 38.2 Å². The quantitative estimate of drug-likeness (QED) is 0.370. The number of nitrogens with one attached hydrogen (secondary N) is 3. The van der Waals surface area contributed by atoms with Crippen LogP contribution in [0.2, 0.25) is 0 Å². The summed E-state index contributed by atoms with van der Waals surface area (Å²) < 4.78 is 33.6. The van der Waals surface area contributed by atoms with E-state index in [9.17, 15) is 18.0 Å². The van der Waals surface area contributed by atoms with Crippen LogP contribution in [0.25, 0.3) is 0 Å². The molecule has 1 heterocycles. The van der Waals surface area contributed by atoms with Gasteiger partial charge in [-0.05, 0) is 55.4 Å². The maximum Gasteiger partial charge on any atom is 0.305 e. The van der Waals surface area contributed by atoms with E-state index in [1.165, 1.54) is 18.2 Å². The molecule has 0 fully saturated rings. The lowest BCUT2D eigenvalue weighted by molar-refractivity contribution is 0.0828. The molecule has 0 aliphatic heterocycles. The van der Waals surface area contributed by atoms with E-state index >= 15 is 0 Å². The summed E-state index contributed by atoms with van der Waals surface area (Å²) in [6.07, 6.45) is 0. The van der Waals surface area contributed by atoms with Gasteiger partial charge in [0.25, 0.3) is 5.91 Å².